The number of hydrogen-bond donors (Lipinski definition) is 1. The molecule has 0 spiro atoms. The summed E-state index contributed by atoms with van der Waals surface area (Å²) < 4.78 is 10.3. The number of hydrogen-bond acceptors (Lipinski definition) is 4. The highest BCUT2D eigenvalue weighted by Crippen LogP contribution is 2.54. The monoisotopic (exact) mass is 369 g/mol. The largest absolute Gasteiger partial charge is 0.495 e. The molecule has 0 saturated heterocycles. The second kappa shape index (κ2) is 6.69. The molecule has 0 aromatic heterocycles. The molecule has 0 radical (unpaired) electrons. The van der Waals surface area contributed by atoms with Crippen molar-refractivity contribution in [1.29, 1.82) is 0 Å². The number of carbonyl (C=O) groups excluding carboxylic acids is 1. The summed E-state index contributed by atoms with van der Waals surface area (Å²) in [4.78, 5) is 11.7. The second-order valence-electron chi connectivity index (χ2n) is 6.63. The fourth-order valence-electron chi connectivity index (χ4n) is 4.08. The van der Waals surface area contributed by atoms with Gasteiger partial charge in [-0.2, -0.15) is 0 Å². The van der Waals surface area contributed by atoms with Crippen molar-refractivity contribution >= 4 is 23.3 Å². The van der Waals surface area contributed by atoms with E-state index in [1.54, 1.807) is 7.11 Å². The normalized spacial score (nSPS) is 23.0. The van der Waals surface area contributed by atoms with Gasteiger partial charge in [0.1, 0.15) is 5.75 Å². The number of nitrogens with one attached hydrogen (secondary N) is 1. The Balaban J connectivity index is 1.75. The standard InChI is InChI=1S/C21H20ClNO3/c1-25-17-11-10-16(22)18-14-4-3-5-15(14)19(23-20(17)18)12-6-8-13(9-7-12)21(24)26-2/h3-4,6-11,14-15,19,23H,5H2,1-2H3. The van der Waals surface area contributed by atoms with Crippen molar-refractivity contribution < 1.29 is 14.3 Å². The van der Waals surface area contributed by atoms with Gasteiger partial charge in [0.2, 0.25) is 0 Å². The Hall–Kier alpha value is -2.46. The summed E-state index contributed by atoms with van der Waals surface area (Å²) in [5, 5.41) is 4.40. The van der Waals surface area contributed by atoms with Gasteiger partial charge < -0.3 is 14.8 Å². The zero-order valence-electron chi connectivity index (χ0n) is 14.7. The molecule has 134 valence electrons. The van der Waals surface area contributed by atoms with Gasteiger partial charge in [0, 0.05) is 16.5 Å². The van der Waals surface area contributed by atoms with Crippen LogP contribution in [0.1, 0.15) is 39.9 Å². The first-order chi connectivity index (χ1) is 12.6. The first kappa shape index (κ1) is 17.0. The van der Waals surface area contributed by atoms with Crippen molar-refractivity contribution in [2.24, 2.45) is 5.92 Å². The van der Waals surface area contributed by atoms with Crippen LogP contribution in [0.25, 0.3) is 0 Å². The van der Waals surface area contributed by atoms with Gasteiger partial charge in [-0.1, -0.05) is 35.9 Å². The van der Waals surface area contributed by atoms with E-state index in [4.69, 9.17) is 21.1 Å². The Kier molecular flexibility index (Phi) is 4.37. The lowest BCUT2D eigenvalue weighted by Crippen LogP contribution is -2.29. The Morgan fingerprint density at radius 2 is 1.92 bits per heavy atom. The van der Waals surface area contributed by atoms with E-state index >= 15 is 0 Å². The molecule has 1 heterocycles. The van der Waals surface area contributed by atoms with E-state index in [0.29, 0.717) is 11.5 Å². The maximum Gasteiger partial charge on any atom is 0.337 e. The van der Waals surface area contributed by atoms with E-state index in [0.717, 1.165) is 34.0 Å². The van der Waals surface area contributed by atoms with Crippen molar-refractivity contribution in [3.8, 4) is 5.75 Å². The van der Waals surface area contributed by atoms with Gasteiger partial charge in [-0.05, 0) is 42.2 Å². The van der Waals surface area contributed by atoms with Crippen LogP contribution in [0.3, 0.4) is 0 Å². The topological polar surface area (TPSA) is 47.6 Å². The van der Waals surface area contributed by atoms with E-state index in [1.807, 2.05) is 36.4 Å². The van der Waals surface area contributed by atoms with Gasteiger partial charge in [0.25, 0.3) is 0 Å². The van der Waals surface area contributed by atoms with Crippen LogP contribution >= 0.6 is 11.6 Å². The Morgan fingerprint density at radius 3 is 2.62 bits per heavy atom. The molecule has 3 unspecified atom stereocenters. The van der Waals surface area contributed by atoms with Crippen molar-refractivity contribution in [3.05, 3.63) is 70.3 Å². The number of fused-ring (bicyclic) bond motifs is 3. The average molecular weight is 370 g/mol. The molecule has 3 atom stereocenters. The summed E-state index contributed by atoms with van der Waals surface area (Å²) in [6.07, 6.45) is 5.44. The van der Waals surface area contributed by atoms with Gasteiger partial charge in [-0.15, -0.1) is 0 Å². The van der Waals surface area contributed by atoms with E-state index in [2.05, 4.69) is 17.5 Å². The summed E-state index contributed by atoms with van der Waals surface area (Å²) in [6.45, 7) is 0. The molecule has 0 fully saturated rings. The number of anilines is 1. The number of esters is 1. The highest BCUT2D eigenvalue weighted by atomic mass is 35.5. The minimum absolute atomic E-state index is 0.113. The predicted octanol–water partition coefficient (Wildman–Crippen LogP) is 4.96. The molecule has 4 nitrogen and oxygen atoms in total. The van der Waals surface area contributed by atoms with Crippen LogP contribution in [0.4, 0.5) is 5.69 Å². The van der Waals surface area contributed by atoms with Crippen LogP contribution < -0.4 is 10.1 Å². The first-order valence-corrected chi connectivity index (χ1v) is 8.99. The Morgan fingerprint density at radius 1 is 1.15 bits per heavy atom. The molecule has 2 aromatic carbocycles. The molecule has 0 amide bonds. The number of carbonyl (C=O) groups is 1. The SMILES string of the molecule is COC(=O)c1ccc(C2Nc3c(OC)ccc(Cl)c3C3C=CCC32)cc1. The van der Waals surface area contributed by atoms with Crippen LogP contribution in [0.15, 0.2) is 48.6 Å². The van der Waals surface area contributed by atoms with Crippen molar-refractivity contribution in [2.75, 3.05) is 19.5 Å². The van der Waals surface area contributed by atoms with Gasteiger partial charge in [-0.25, -0.2) is 4.79 Å². The summed E-state index contributed by atoms with van der Waals surface area (Å²) in [5.74, 6) is 1.09. The third-order valence-corrected chi connectivity index (χ3v) is 5.67. The van der Waals surface area contributed by atoms with Crippen LogP contribution in [-0.4, -0.2) is 20.2 Å². The molecule has 1 aliphatic heterocycles. The first-order valence-electron chi connectivity index (χ1n) is 8.62. The molecule has 5 heteroatoms. The van der Waals surface area contributed by atoms with Crippen molar-refractivity contribution in [3.63, 3.8) is 0 Å². The highest BCUT2D eigenvalue weighted by molar-refractivity contribution is 6.32. The van der Waals surface area contributed by atoms with Crippen LogP contribution in [-0.2, 0) is 4.74 Å². The lowest BCUT2D eigenvalue weighted by atomic mass is 9.76. The molecule has 2 aromatic rings. The van der Waals surface area contributed by atoms with Gasteiger partial charge in [0.15, 0.2) is 0 Å². The minimum Gasteiger partial charge on any atom is -0.495 e. The van der Waals surface area contributed by atoms with E-state index in [9.17, 15) is 4.79 Å². The second-order valence-corrected chi connectivity index (χ2v) is 7.03. The van der Waals surface area contributed by atoms with Crippen LogP contribution in [0, 0.1) is 5.92 Å². The van der Waals surface area contributed by atoms with Gasteiger partial charge in [0.05, 0.1) is 31.5 Å². The van der Waals surface area contributed by atoms with Crippen molar-refractivity contribution in [1.82, 2.24) is 0 Å². The lowest BCUT2D eigenvalue weighted by molar-refractivity contribution is 0.0600. The number of benzene rings is 2. The number of allylic oxidation sites excluding steroid dienone is 2. The number of ether oxygens (including phenoxy) is 2. The molecule has 26 heavy (non-hydrogen) atoms. The Bertz CT molecular complexity index is 876. The summed E-state index contributed by atoms with van der Waals surface area (Å²) in [7, 11) is 3.06. The predicted molar refractivity (Wildman–Crippen MR) is 102 cm³/mol. The number of halogens is 1. The fraction of sp³-hybridized carbons (Fsp3) is 0.286. The van der Waals surface area contributed by atoms with Gasteiger partial charge in [-0.3, -0.25) is 0 Å². The van der Waals surface area contributed by atoms with E-state index in [1.165, 1.54) is 7.11 Å². The van der Waals surface area contributed by atoms with Crippen LogP contribution in [0.2, 0.25) is 5.02 Å². The maximum absolute atomic E-state index is 11.7. The van der Waals surface area contributed by atoms with Gasteiger partial charge >= 0.3 is 5.97 Å². The zero-order valence-corrected chi connectivity index (χ0v) is 15.4. The Labute approximate surface area is 157 Å². The fourth-order valence-corrected chi connectivity index (χ4v) is 4.37. The molecule has 2 aliphatic rings. The number of rotatable bonds is 3. The molecular weight excluding hydrogens is 350 g/mol. The smallest absolute Gasteiger partial charge is 0.337 e. The molecule has 4 rings (SSSR count). The summed E-state index contributed by atoms with van der Waals surface area (Å²) in [5.41, 5.74) is 3.74. The number of methoxy groups -OCH3 is 2. The minimum atomic E-state index is -0.327. The molecule has 0 saturated carbocycles. The lowest BCUT2D eigenvalue weighted by Gasteiger charge is -2.38. The molecule has 1 N–H and O–H groups in total. The average Bonchev–Trinajstić information content (AvgIpc) is 3.16. The third-order valence-electron chi connectivity index (χ3n) is 5.34. The summed E-state index contributed by atoms with van der Waals surface area (Å²) in [6, 6.07) is 11.5. The van der Waals surface area contributed by atoms with Crippen molar-refractivity contribution in [2.45, 2.75) is 18.4 Å². The molecule has 1 aliphatic carbocycles. The quantitative estimate of drug-likeness (QED) is 0.613. The zero-order chi connectivity index (χ0) is 18.3. The molecular formula is C21H20ClNO3. The van der Waals surface area contributed by atoms with E-state index in [-0.39, 0.29) is 17.9 Å². The summed E-state index contributed by atoms with van der Waals surface area (Å²) >= 11 is 6.52. The van der Waals surface area contributed by atoms with E-state index < -0.39 is 0 Å². The molecule has 0 bridgehead atoms. The van der Waals surface area contributed by atoms with Crippen LogP contribution in [0.5, 0.6) is 5.75 Å². The third kappa shape index (κ3) is 2.65. The highest BCUT2D eigenvalue weighted by Gasteiger charge is 2.40. The maximum atomic E-state index is 11.7.